The summed E-state index contributed by atoms with van der Waals surface area (Å²) in [6, 6.07) is 7.89. The van der Waals surface area contributed by atoms with Gasteiger partial charge in [0.05, 0.1) is 18.2 Å². The first-order valence-electron chi connectivity index (χ1n) is 7.70. The van der Waals surface area contributed by atoms with E-state index in [9.17, 15) is 5.11 Å². The van der Waals surface area contributed by atoms with Crippen molar-refractivity contribution in [3.8, 4) is 0 Å². The molecule has 124 valence electrons. The highest BCUT2D eigenvalue weighted by atomic mass is 16.5. The normalized spacial score (nSPS) is 13.8. The predicted molar refractivity (Wildman–Crippen MR) is 91.2 cm³/mol. The molecular formula is C17H29N3O2. The van der Waals surface area contributed by atoms with E-state index in [2.05, 4.69) is 15.6 Å². The molecule has 0 radical (unpaired) electrons. The number of ether oxygens (including phenoxy) is 1. The quantitative estimate of drug-likeness (QED) is 0.532. The Hall–Kier alpha value is -1.59. The second-order valence-corrected chi connectivity index (χ2v) is 5.97. The van der Waals surface area contributed by atoms with E-state index in [0.29, 0.717) is 19.0 Å². The van der Waals surface area contributed by atoms with Crippen LogP contribution < -0.4 is 10.6 Å². The van der Waals surface area contributed by atoms with Crippen LogP contribution in [0.4, 0.5) is 0 Å². The first-order valence-corrected chi connectivity index (χ1v) is 7.70. The SMILES string of the molecule is CCNC(=NCC(C)(C)OC)NCC(O)c1ccc(C)cc1. The number of aliphatic imine (C=N–C) groups is 1. The highest BCUT2D eigenvalue weighted by molar-refractivity contribution is 5.79. The molecule has 1 rings (SSSR count). The van der Waals surface area contributed by atoms with Gasteiger partial charge in [0.1, 0.15) is 0 Å². The smallest absolute Gasteiger partial charge is 0.191 e. The highest BCUT2D eigenvalue weighted by Crippen LogP contribution is 2.12. The van der Waals surface area contributed by atoms with Crippen molar-refractivity contribution in [3.05, 3.63) is 35.4 Å². The molecule has 0 aromatic heterocycles. The molecule has 1 aromatic rings. The van der Waals surface area contributed by atoms with E-state index in [1.165, 1.54) is 5.56 Å². The largest absolute Gasteiger partial charge is 0.387 e. The molecule has 1 aromatic carbocycles. The van der Waals surface area contributed by atoms with Gasteiger partial charge in [0.15, 0.2) is 5.96 Å². The molecule has 0 fully saturated rings. The highest BCUT2D eigenvalue weighted by Gasteiger charge is 2.16. The van der Waals surface area contributed by atoms with Crippen molar-refractivity contribution in [1.82, 2.24) is 10.6 Å². The molecule has 0 saturated heterocycles. The van der Waals surface area contributed by atoms with E-state index in [0.717, 1.165) is 12.1 Å². The summed E-state index contributed by atoms with van der Waals surface area (Å²) in [5.41, 5.74) is 1.77. The van der Waals surface area contributed by atoms with Crippen LogP contribution in [0.3, 0.4) is 0 Å². The van der Waals surface area contributed by atoms with Crippen molar-refractivity contribution in [2.75, 3.05) is 26.7 Å². The van der Waals surface area contributed by atoms with Crippen LogP contribution in [-0.4, -0.2) is 43.4 Å². The van der Waals surface area contributed by atoms with E-state index in [1.54, 1.807) is 7.11 Å². The third-order valence-electron chi connectivity index (χ3n) is 3.44. The van der Waals surface area contributed by atoms with Crippen molar-refractivity contribution in [3.63, 3.8) is 0 Å². The van der Waals surface area contributed by atoms with Crippen molar-refractivity contribution in [2.24, 2.45) is 4.99 Å². The van der Waals surface area contributed by atoms with E-state index in [1.807, 2.05) is 52.0 Å². The van der Waals surface area contributed by atoms with E-state index in [-0.39, 0.29) is 5.60 Å². The minimum Gasteiger partial charge on any atom is -0.387 e. The van der Waals surface area contributed by atoms with Gasteiger partial charge in [-0.25, -0.2) is 0 Å². The topological polar surface area (TPSA) is 65.9 Å². The van der Waals surface area contributed by atoms with Crippen LogP contribution in [0.2, 0.25) is 0 Å². The minimum atomic E-state index is -0.570. The lowest BCUT2D eigenvalue weighted by atomic mass is 10.1. The van der Waals surface area contributed by atoms with Gasteiger partial charge in [-0.1, -0.05) is 29.8 Å². The molecular weight excluding hydrogens is 278 g/mol. The van der Waals surface area contributed by atoms with Crippen LogP contribution in [0.15, 0.2) is 29.3 Å². The number of nitrogens with one attached hydrogen (secondary N) is 2. The number of aliphatic hydroxyl groups is 1. The number of rotatable bonds is 7. The molecule has 0 saturated carbocycles. The Balaban J connectivity index is 2.59. The third-order valence-corrected chi connectivity index (χ3v) is 3.44. The Morgan fingerprint density at radius 3 is 2.45 bits per heavy atom. The average Bonchev–Trinajstić information content (AvgIpc) is 2.50. The van der Waals surface area contributed by atoms with Gasteiger partial charge in [-0.15, -0.1) is 0 Å². The molecule has 1 atom stereocenters. The number of benzene rings is 1. The van der Waals surface area contributed by atoms with Gasteiger partial charge in [0, 0.05) is 20.2 Å². The molecule has 0 amide bonds. The summed E-state index contributed by atoms with van der Waals surface area (Å²) in [4.78, 5) is 4.49. The lowest BCUT2D eigenvalue weighted by Crippen LogP contribution is -2.40. The molecule has 0 spiro atoms. The van der Waals surface area contributed by atoms with Gasteiger partial charge in [-0.05, 0) is 33.3 Å². The Morgan fingerprint density at radius 1 is 1.27 bits per heavy atom. The van der Waals surface area contributed by atoms with Crippen LogP contribution in [0.5, 0.6) is 0 Å². The van der Waals surface area contributed by atoms with Crippen LogP contribution in [0.1, 0.15) is 38.0 Å². The number of guanidine groups is 1. The Labute approximate surface area is 133 Å². The number of hydrogen-bond donors (Lipinski definition) is 3. The number of aryl methyl sites for hydroxylation is 1. The second-order valence-electron chi connectivity index (χ2n) is 5.97. The summed E-state index contributed by atoms with van der Waals surface area (Å²) in [5.74, 6) is 0.679. The number of nitrogens with zero attached hydrogens (tertiary/aromatic N) is 1. The zero-order chi connectivity index (χ0) is 16.6. The first-order chi connectivity index (χ1) is 10.4. The molecule has 0 aliphatic rings. The molecule has 5 nitrogen and oxygen atoms in total. The molecule has 0 aliphatic carbocycles. The standard InChI is InChI=1S/C17H29N3O2/c1-6-18-16(20-12-17(3,4)22-5)19-11-15(21)14-9-7-13(2)8-10-14/h7-10,15,21H,6,11-12H2,1-5H3,(H2,18,19,20). The Bertz CT molecular complexity index is 469. The molecule has 22 heavy (non-hydrogen) atoms. The summed E-state index contributed by atoms with van der Waals surface area (Å²) in [7, 11) is 1.68. The number of hydrogen-bond acceptors (Lipinski definition) is 3. The zero-order valence-electron chi connectivity index (χ0n) is 14.3. The van der Waals surface area contributed by atoms with Gasteiger partial charge in [-0.2, -0.15) is 0 Å². The number of aliphatic hydroxyl groups excluding tert-OH is 1. The Kier molecular flexibility index (Phi) is 7.35. The van der Waals surface area contributed by atoms with Gasteiger partial charge >= 0.3 is 0 Å². The van der Waals surface area contributed by atoms with Crippen molar-refractivity contribution < 1.29 is 9.84 Å². The van der Waals surface area contributed by atoms with E-state index < -0.39 is 6.10 Å². The molecule has 0 bridgehead atoms. The molecule has 1 unspecified atom stereocenters. The summed E-state index contributed by atoms with van der Waals surface area (Å²) < 4.78 is 5.36. The maximum atomic E-state index is 10.2. The van der Waals surface area contributed by atoms with Crippen LogP contribution in [0, 0.1) is 6.92 Å². The molecule has 5 heteroatoms. The van der Waals surface area contributed by atoms with E-state index in [4.69, 9.17) is 4.74 Å². The monoisotopic (exact) mass is 307 g/mol. The maximum Gasteiger partial charge on any atom is 0.191 e. The minimum absolute atomic E-state index is 0.308. The lowest BCUT2D eigenvalue weighted by molar-refractivity contribution is 0.0310. The van der Waals surface area contributed by atoms with Gasteiger partial charge in [0.25, 0.3) is 0 Å². The Morgan fingerprint density at radius 2 is 1.91 bits per heavy atom. The van der Waals surface area contributed by atoms with Crippen LogP contribution in [-0.2, 0) is 4.74 Å². The summed E-state index contributed by atoms with van der Waals surface area (Å²) in [6.45, 7) is 9.72. The average molecular weight is 307 g/mol. The second kappa shape index (κ2) is 8.76. The zero-order valence-corrected chi connectivity index (χ0v) is 14.3. The first kappa shape index (κ1) is 18.5. The molecule has 0 heterocycles. The fourth-order valence-electron chi connectivity index (χ4n) is 1.78. The fraction of sp³-hybridized carbons (Fsp3) is 0.588. The third kappa shape index (κ3) is 6.45. The van der Waals surface area contributed by atoms with Crippen molar-refractivity contribution >= 4 is 5.96 Å². The van der Waals surface area contributed by atoms with Crippen LogP contribution in [0.25, 0.3) is 0 Å². The van der Waals surface area contributed by atoms with Crippen molar-refractivity contribution in [2.45, 2.75) is 39.4 Å². The summed E-state index contributed by atoms with van der Waals surface area (Å²) in [5, 5.41) is 16.6. The van der Waals surface area contributed by atoms with Crippen molar-refractivity contribution in [1.29, 1.82) is 0 Å². The maximum absolute atomic E-state index is 10.2. The number of methoxy groups -OCH3 is 1. The predicted octanol–water partition coefficient (Wildman–Crippen LogP) is 2.01. The van der Waals surface area contributed by atoms with Gasteiger partial charge in [0.2, 0.25) is 0 Å². The van der Waals surface area contributed by atoms with Gasteiger partial charge < -0.3 is 20.5 Å². The van der Waals surface area contributed by atoms with Crippen LogP contribution >= 0.6 is 0 Å². The van der Waals surface area contributed by atoms with Gasteiger partial charge in [-0.3, -0.25) is 4.99 Å². The molecule has 3 N–H and O–H groups in total. The molecule has 0 aliphatic heterocycles. The summed E-state index contributed by atoms with van der Waals surface area (Å²) >= 11 is 0. The summed E-state index contributed by atoms with van der Waals surface area (Å²) in [6.07, 6.45) is -0.570. The lowest BCUT2D eigenvalue weighted by Gasteiger charge is -2.21. The fourth-order valence-corrected chi connectivity index (χ4v) is 1.78. The van der Waals surface area contributed by atoms with E-state index >= 15 is 0 Å².